The first kappa shape index (κ1) is 24.0. The normalized spacial score (nSPS) is 14.1. The Morgan fingerprint density at radius 2 is 1.65 bits per heavy atom. The molecule has 0 saturated carbocycles. The predicted octanol–water partition coefficient (Wildman–Crippen LogP) is 5.42. The standard InChI is InChI=1S/C24H21ClF2N2O4S/c25-18-11-16(24(31)29-9-5-2-6-10-29)12-22(23(18)30)34(32,33)28-21-13-17(19(26)14-20(21)27)15-7-3-1-4-8-15/h1,3-4,7-8,11-14,28,30H,2,5-6,9-10H2. The summed E-state index contributed by atoms with van der Waals surface area (Å²) < 4.78 is 57.1. The third kappa shape index (κ3) is 4.85. The number of phenols is 1. The van der Waals surface area contributed by atoms with Crippen LogP contribution in [0.4, 0.5) is 14.5 Å². The summed E-state index contributed by atoms with van der Waals surface area (Å²) in [5.74, 6) is -3.22. The number of carbonyl (C=O) groups excluding carboxylic acids is 1. The van der Waals surface area contributed by atoms with Crippen LogP contribution >= 0.6 is 11.6 Å². The van der Waals surface area contributed by atoms with Crippen LogP contribution in [0.3, 0.4) is 0 Å². The molecule has 178 valence electrons. The van der Waals surface area contributed by atoms with Gasteiger partial charge in [0, 0.05) is 30.3 Å². The van der Waals surface area contributed by atoms with Crippen molar-refractivity contribution in [2.45, 2.75) is 24.2 Å². The van der Waals surface area contributed by atoms with Gasteiger partial charge in [0.1, 0.15) is 16.5 Å². The van der Waals surface area contributed by atoms with Crippen molar-refractivity contribution in [1.82, 2.24) is 4.90 Å². The highest BCUT2D eigenvalue weighted by Gasteiger charge is 2.27. The van der Waals surface area contributed by atoms with E-state index in [1.165, 1.54) is 6.07 Å². The molecule has 1 heterocycles. The van der Waals surface area contributed by atoms with Gasteiger partial charge >= 0.3 is 0 Å². The Morgan fingerprint density at radius 1 is 0.971 bits per heavy atom. The number of nitrogens with zero attached hydrogens (tertiary/aromatic N) is 1. The molecule has 0 aliphatic carbocycles. The SMILES string of the molecule is O=C(c1cc(Cl)c(O)c(S(=O)(=O)Nc2cc(-c3ccccc3)c(F)cc2F)c1)N1CCCCC1. The average molecular weight is 507 g/mol. The van der Waals surface area contributed by atoms with E-state index in [1.54, 1.807) is 35.2 Å². The number of phenolic OH excluding ortho intramolecular Hbond substituents is 1. The Bertz CT molecular complexity index is 1340. The summed E-state index contributed by atoms with van der Waals surface area (Å²) in [6.07, 6.45) is 2.66. The molecular weight excluding hydrogens is 486 g/mol. The smallest absolute Gasteiger partial charge is 0.265 e. The quantitative estimate of drug-likeness (QED) is 0.484. The summed E-state index contributed by atoms with van der Waals surface area (Å²) in [6, 6.07) is 12.0. The van der Waals surface area contributed by atoms with E-state index in [-0.39, 0.29) is 16.1 Å². The Kier molecular flexibility index (Phi) is 6.77. The second-order valence-corrected chi connectivity index (χ2v) is 10.00. The molecule has 1 amide bonds. The highest BCUT2D eigenvalue weighted by Crippen LogP contribution is 2.35. The van der Waals surface area contributed by atoms with Crippen LogP contribution in [0.15, 0.2) is 59.5 Å². The van der Waals surface area contributed by atoms with Gasteiger partial charge in [0.2, 0.25) is 0 Å². The zero-order chi connectivity index (χ0) is 24.5. The van der Waals surface area contributed by atoms with E-state index in [1.807, 2.05) is 4.72 Å². The van der Waals surface area contributed by atoms with E-state index in [2.05, 4.69) is 0 Å². The minimum atomic E-state index is -4.61. The molecule has 2 N–H and O–H groups in total. The predicted molar refractivity (Wildman–Crippen MR) is 125 cm³/mol. The molecule has 0 bridgehead atoms. The Labute approximate surface area is 200 Å². The molecule has 3 aromatic carbocycles. The zero-order valence-corrected chi connectivity index (χ0v) is 19.5. The molecule has 34 heavy (non-hydrogen) atoms. The molecule has 1 fully saturated rings. The van der Waals surface area contributed by atoms with Gasteiger partial charge in [0.25, 0.3) is 15.9 Å². The molecule has 10 heteroatoms. The van der Waals surface area contributed by atoms with Crippen molar-refractivity contribution < 1.29 is 27.1 Å². The van der Waals surface area contributed by atoms with Gasteiger partial charge < -0.3 is 10.0 Å². The van der Waals surface area contributed by atoms with Gasteiger partial charge in [-0.2, -0.15) is 0 Å². The number of hydrogen-bond acceptors (Lipinski definition) is 4. The monoisotopic (exact) mass is 506 g/mol. The van der Waals surface area contributed by atoms with Crippen LogP contribution in [-0.4, -0.2) is 37.4 Å². The highest BCUT2D eigenvalue weighted by molar-refractivity contribution is 7.92. The molecule has 3 aromatic rings. The molecule has 0 atom stereocenters. The van der Waals surface area contributed by atoms with Crippen LogP contribution in [0.1, 0.15) is 29.6 Å². The first-order valence-electron chi connectivity index (χ1n) is 10.6. The largest absolute Gasteiger partial charge is 0.505 e. The van der Waals surface area contributed by atoms with Gasteiger partial charge in [0.15, 0.2) is 5.75 Å². The lowest BCUT2D eigenvalue weighted by Gasteiger charge is -2.27. The van der Waals surface area contributed by atoms with Crippen molar-refractivity contribution in [2.24, 2.45) is 0 Å². The Hall–Kier alpha value is -3.17. The molecule has 1 saturated heterocycles. The molecular formula is C24H21ClF2N2O4S. The van der Waals surface area contributed by atoms with E-state index >= 15 is 0 Å². The summed E-state index contributed by atoms with van der Waals surface area (Å²) >= 11 is 6.03. The summed E-state index contributed by atoms with van der Waals surface area (Å²) in [4.78, 5) is 13.8. The van der Waals surface area contributed by atoms with Crippen molar-refractivity contribution in [1.29, 1.82) is 0 Å². The number of rotatable bonds is 5. The van der Waals surface area contributed by atoms with Crippen LogP contribution in [0.5, 0.6) is 5.75 Å². The first-order chi connectivity index (χ1) is 16.2. The Balaban J connectivity index is 1.71. The Morgan fingerprint density at radius 3 is 2.32 bits per heavy atom. The third-order valence-electron chi connectivity index (χ3n) is 5.59. The topological polar surface area (TPSA) is 86.7 Å². The van der Waals surface area contributed by atoms with Crippen LogP contribution in [0.25, 0.3) is 11.1 Å². The molecule has 4 rings (SSSR count). The molecule has 0 unspecified atom stereocenters. The summed E-state index contributed by atoms with van der Waals surface area (Å²) in [6.45, 7) is 1.06. The molecule has 1 aliphatic rings. The van der Waals surface area contributed by atoms with E-state index < -0.39 is 43.9 Å². The summed E-state index contributed by atoms with van der Waals surface area (Å²) in [5.41, 5.74) is -0.144. The van der Waals surface area contributed by atoms with Gasteiger partial charge in [-0.25, -0.2) is 17.2 Å². The van der Waals surface area contributed by atoms with Crippen molar-refractivity contribution >= 4 is 33.2 Å². The van der Waals surface area contributed by atoms with E-state index in [9.17, 15) is 27.1 Å². The van der Waals surface area contributed by atoms with Gasteiger partial charge in [-0.05, 0) is 43.0 Å². The average Bonchev–Trinajstić information content (AvgIpc) is 2.83. The van der Waals surface area contributed by atoms with Crippen LogP contribution < -0.4 is 4.72 Å². The van der Waals surface area contributed by atoms with E-state index in [4.69, 9.17) is 11.6 Å². The van der Waals surface area contributed by atoms with Crippen LogP contribution in [0.2, 0.25) is 5.02 Å². The lowest BCUT2D eigenvalue weighted by molar-refractivity contribution is 0.0724. The minimum Gasteiger partial charge on any atom is -0.505 e. The van der Waals surface area contributed by atoms with Gasteiger partial charge in [-0.3, -0.25) is 9.52 Å². The van der Waals surface area contributed by atoms with Crippen LogP contribution in [0, 0.1) is 11.6 Å². The molecule has 6 nitrogen and oxygen atoms in total. The molecule has 0 spiro atoms. The number of hydrogen-bond donors (Lipinski definition) is 2. The number of amides is 1. The van der Waals surface area contributed by atoms with Gasteiger partial charge in [0.05, 0.1) is 10.7 Å². The summed E-state index contributed by atoms with van der Waals surface area (Å²) in [5, 5.41) is 10.0. The number of halogens is 3. The maximum atomic E-state index is 14.5. The number of carbonyl (C=O) groups is 1. The number of benzene rings is 3. The first-order valence-corrected chi connectivity index (χ1v) is 12.4. The van der Waals surface area contributed by atoms with E-state index in [0.29, 0.717) is 24.7 Å². The highest BCUT2D eigenvalue weighted by atomic mass is 35.5. The number of anilines is 1. The van der Waals surface area contributed by atoms with Crippen molar-refractivity contribution in [3.05, 3.63) is 76.8 Å². The minimum absolute atomic E-state index is 0.0176. The lowest BCUT2D eigenvalue weighted by Crippen LogP contribution is -2.35. The second-order valence-electron chi connectivity index (χ2n) is 7.94. The fraction of sp³-hybridized carbons (Fsp3) is 0.208. The maximum Gasteiger partial charge on any atom is 0.265 e. The lowest BCUT2D eigenvalue weighted by atomic mass is 10.0. The van der Waals surface area contributed by atoms with E-state index in [0.717, 1.165) is 31.4 Å². The molecule has 1 aliphatic heterocycles. The van der Waals surface area contributed by atoms with Crippen molar-refractivity contribution in [3.8, 4) is 16.9 Å². The zero-order valence-electron chi connectivity index (χ0n) is 17.9. The van der Waals surface area contributed by atoms with Gasteiger partial charge in [-0.15, -0.1) is 0 Å². The molecule has 0 aromatic heterocycles. The fourth-order valence-electron chi connectivity index (χ4n) is 3.85. The fourth-order valence-corrected chi connectivity index (χ4v) is 5.33. The number of likely N-dealkylation sites (tertiary alicyclic amines) is 1. The second kappa shape index (κ2) is 9.60. The number of sulfonamides is 1. The van der Waals surface area contributed by atoms with Crippen LogP contribution in [-0.2, 0) is 10.0 Å². The van der Waals surface area contributed by atoms with Crippen molar-refractivity contribution in [3.63, 3.8) is 0 Å². The number of piperidine rings is 1. The summed E-state index contributed by atoms with van der Waals surface area (Å²) in [7, 11) is -4.61. The van der Waals surface area contributed by atoms with Gasteiger partial charge in [-0.1, -0.05) is 41.9 Å². The number of nitrogens with one attached hydrogen (secondary N) is 1. The molecule has 0 radical (unpaired) electrons. The maximum absolute atomic E-state index is 14.5. The number of aromatic hydroxyl groups is 1. The van der Waals surface area contributed by atoms with Crippen molar-refractivity contribution in [2.75, 3.05) is 17.8 Å². The third-order valence-corrected chi connectivity index (χ3v) is 7.26.